The molecule has 0 aliphatic carbocycles. The van der Waals surface area contributed by atoms with Crippen molar-refractivity contribution in [2.75, 3.05) is 11.9 Å². The number of hydrogen-bond donors (Lipinski definition) is 2. The topological polar surface area (TPSA) is 79.4 Å². The standard InChI is InChI=1S/C12H17N3O2/c1-8(2)17-12(16)15(3)10-6-4-5-9(7-10)11(13)14/h4-8H,1-3H3,(H3,13,14). The third kappa shape index (κ3) is 3.48. The molecule has 0 fully saturated rings. The summed E-state index contributed by atoms with van der Waals surface area (Å²) in [6, 6.07) is 6.89. The number of rotatable bonds is 3. The third-order valence-corrected chi connectivity index (χ3v) is 2.15. The van der Waals surface area contributed by atoms with E-state index in [1.807, 2.05) is 0 Å². The number of carbonyl (C=O) groups is 1. The lowest BCUT2D eigenvalue weighted by Gasteiger charge is -2.19. The monoisotopic (exact) mass is 235 g/mol. The van der Waals surface area contributed by atoms with Crippen LogP contribution in [0.1, 0.15) is 19.4 Å². The molecule has 92 valence electrons. The maximum absolute atomic E-state index is 11.7. The van der Waals surface area contributed by atoms with Crippen LogP contribution in [0.15, 0.2) is 24.3 Å². The molecule has 3 N–H and O–H groups in total. The first-order valence-corrected chi connectivity index (χ1v) is 5.30. The fourth-order valence-corrected chi connectivity index (χ4v) is 1.27. The summed E-state index contributed by atoms with van der Waals surface area (Å²) in [5.74, 6) is -0.0301. The molecule has 0 heterocycles. The molecule has 0 radical (unpaired) electrons. The first kappa shape index (κ1) is 13.0. The number of nitrogens with two attached hydrogens (primary N) is 1. The van der Waals surface area contributed by atoms with Gasteiger partial charge in [0.1, 0.15) is 5.84 Å². The van der Waals surface area contributed by atoms with Gasteiger partial charge < -0.3 is 10.5 Å². The molecule has 0 spiro atoms. The lowest BCUT2D eigenvalue weighted by Crippen LogP contribution is -2.29. The van der Waals surface area contributed by atoms with Crippen LogP contribution in [0.2, 0.25) is 0 Å². The van der Waals surface area contributed by atoms with Crippen LogP contribution in [-0.2, 0) is 4.74 Å². The predicted molar refractivity (Wildman–Crippen MR) is 67.5 cm³/mol. The molecular formula is C12H17N3O2. The second kappa shape index (κ2) is 5.34. The van der Waals surface area contributed by atoms with E-state index in [1.165, 1.54) is 4.90 Å². The summed E-state index contributed by atoms with van der Waals surface area (Å²) < 4.78 is 5.07. The SMILES string of the molecule is CC(C)OC(=O)N(C)c1cccc(C(=N)N)c1. The van der Waals surface area contributed by atoms with Gasteiger partial charge in [-0.1, -0.05) is 12.1 Å². The smallest absolute Gasteiger partial charge is 0.414 e. The molecule has 17 heavy (non-hydrogen) atoms. The van der Waals surface area contributed by atoms with Gasteiger partial charge in [-0.3, -0.25) is 10.3 Å². The molecule has 0 aromatic heterocycles. The van der Waals surface area contributed by atoms with Gasteiger partial charge in [0.05, 0.1) is 6.10 Å². The Morgan fingerprint density at radius 2 is 2.12 bits per heavy atom. The van der Waals surface area contributed by atoms with Crippen molar-refractivity contribution in [3.63, 3.8) is 0 Å². The number of benzene rings is 1. The second-order valence-corrected chi connectivity index (χ2v) is 3.96. The highest BCUT2D eigenvalue weighted by atomic mass is 16.6. The molecule has 0 atom stereocenters. The Morgan fingerprint density at radius 3 is 2.65 bits per heavy atom. The quantitative estimate of drug-likeness (QED) is 0.620. The molecule has 0 unspecified atom stereocenters. The van der Waals surface area contributed by atoms with Gasteiger partial charge in [-0.2, -0.15) is 0 Å². The average Bonchev–Trinajstić information content (AvgIpc) is 2.27. The van der Waals surface area contributed by atoms with Crippen molar-refractivity contribution in [2.24, 2.45) is 5.73 Å². The molecule has 0 saturated carbocycles. The van der Waals surface area contributed by atoms with E-state index >= 15 is 0 Å². The van der Waals surface area contributed by atoms with Crippen LogP contribution in [0.25, 0.3) is 0 Å². The zero-order valence-corrected chi connectivity index (χ0v) is 10.2. The lowest BCUT2D eigenvalue weighted by molar-refractivity contribution is 0.124. The third-order valence-electron chi connectivity index (χ3n) is 2.15. The van der Waals surface area contributed by atoms with Crippen LogP contribution in [0, 0.1) is 5.41 Å². The van der Waals surface area contributed by atoms with Gasteiger partial charge in [0.15, 0.2) is 0 Å². The summed E-state index contributed by atoms with van der Waals surface area (Å²) in [6.07, 6.45) is -0.596. The van der Waals surface area contributed by atoms with Crippen LogP contribution in [0.4, 0.5) is 10.5 Å². The number of amides is 1. The molecule has 1 rings (SSSR count). The molecule has 1 amide bonds. The van der Waals surface area contributed by atoms with Gasteiger partial charge in [-0.05, 0) is 26.0 Å². The summed E-state index contributed by atoms with van der Waals surface area (Å²) in [4.78, 5) is 13.0. The minimum Gasteiger partial charge on any atom is -0.446 e. The summed E-state index contributed by atoms with van der Waals surface area (Å²) in [7, 11) is 1.62. The number of anilines is 1. The first-order valence-electron chi connectivity index (χ1n) is 5.30. The Labute approximate surface area is 101 Å². The minimum absolute atomic E-state index is 0.0301. The summed E-state index contributed by atoms with van der Waals surface area (Å²) in [5, 5.41) is 7.34. The van der Waals surface area contributed by atoms with Gasteiger partial charge in [0.25, 0.3) is 0 Å². The number of carbonyl (C=O) groups excluding carboxylic acids is 1. The average molecular weight is 235 g/mol. The predicted octanol–water partition coefficient (Wildman–Crippen LogP) is 1.95. The van der Waals surface area contributed by atoms with Gasteiger partial charge in [0, 0.05) is 18.3 Å². The Morgan fingerprint density at radius 1 is 1.47 bits per heavy atom. The first-order chi connectivity index (χ1) is 7.91. The number of hydrogen-bond acceptors (Lipinski definition) is 3. The van der Waals surface area contributed by atoms with Crippen LogP contribution in [0.5, 0.6) is 0 Å². The zero-order valence-electron chi connectivity index (χ0n) is 10.2. The van der Waals surface area contributed by atoms with Crippen molar-refractivity contribution >= 4 is 17.6 Å². The van der Waals surface area contributed by atoms with E-state index in [2.05, 4.69) is 0 Å². The highest BCUT2D eigenvalue weighted by Crippen LogP contribution is 2.15. The maximum Gasteiger partial charge on any atom is 0.414 e. The van der Waals surface area contributed by atoms with Gasteiger partial charge in [-0.25, -0.2) is 4.79 Å². The van der Waals surface area contributed by atoms with E-state index in [4.69, 9.17) is 15.9 Å². The second-order valence-electron chi connectivity index (χ2n) is 3.96. The largest absolute Gasteiger partial charge is 0.446 e. The normalized spacial score (nSPS) is 10.1. The van der Waals surface area contributed by atoms with Crippen molar-refractivity contribution in [3.05, 3.63) is 29.8 Å². The molecule has 0 aliphatic heterocycles. The molecular weight excluding hydrogens is 218 g/mol. The van der Waals surface area contributed by atoms with Gasteiger partial charge >= 0.3 is 6.09 Å². The summed E-state index contributed by atoms with van der Waals surface area (Å²) >= 11 is 0. The van der Waals surface area contributed by atoms with Crippen molar-refractivity contribution in [2.45, 2.75) is 20.0 Å². The van der Waals surface area contributed by atoms with Crippen LogP contribution in [0.3, 0.4) is 0 Å². The van der Waals surface area contributed by atoms with Crippen LogP contribution < -0.4 is 10.6 Å². The molecule has 1 aromatic rings. The maximum atomic E-state index is 11.7. The molecule has 0 bridgehead atoms. The fourth-order valence-electron chi connectivity index (χ4n) is 1.27. The number of nitrogens with one attached hydrogen (secondary N) is 1. The number of ether oxygens (including phenoxy) is 1. The summed E-state index contributed by atoms with van der Waals surface area (Å²) in [6.45, 7) is 3.58. The van der Waals surface area contributed by atoms with Crippen molar-refractivity contribution in [1.82, 2.24) is 0 Å². The van der Waals surface area contributed by atoms with E-state index in [9.17, 15) is 4.79 Å². The Kier molecular flexibility index (Phi) is 4.09. The van der Waals surface area contributed by atoms with Gasteiger partial charge in [0.2, 0.25) is 0 Å². The lowest BCUT2D eigenvalue weighted by atomic mass is 10.2. The van der Waals surface area contributed by atoms with E-state index in [0.717, 1.165) is 0 Å². The minimum atomic E-state index is -0.430. The molecule has 5 nitrogen and oxygen atoms in total. The number of amidine groups is 1. The number of nitrogen functional groups attached to an aromatic ring is 1. The van der Waals surface area contributed by atoms with Crippen molar-refractivity contribution in [1.29, 1.82) is 5.41 Å². The number of nitrogens with zero attached hydrogens (tertiary/aromatic N) is 1. The fraction of sp³-hybridized carbons (Fsp3) is 0.333. The van der Waals surface area contributed by atoms with Crippen molar-refractivity contribution in [3.8, 4) is 0 Å². The van der Waals surface area contributed by atoms with E-state index in [-0.39, 0.29) is 11.9 Å². The Bertz CT molecular complexity index is 430. The van der Waals surface area contributed by atoms with Crippen LogP contribution >= 0.6 is 0 Å². The highest BCUT2D eigenvalue weighted by molar-refractivity contribution is 5.97. The van der Waals surface area contributed by atoms with Crippen LogP contribution in [-0.4, -0.2) is 25.1 Å². The van der Waals surface area contributed by atoms with E-state index in [1.54, 1.807) is 45.2 Å². The van der Waals surface area contributed by atoms with E-state index in [0.29, 0.717) is 11.3 Å². The van der Waals surface area contributed by atoms with E-state index < -0.39 is 6.09 Å². The Hall–Kier alpha value is -2.04. The van der Waals surface area contributed by atoms with Gasteiger partial charge in [-0.15, -0.1) is 0 Å². The summed E-state index contributed by atoms with van der Waals surface area (Å²) in [5.41, 5.74) is 6.61. The molecule has 5 heteroatoms. The van der Waals surface area contributed by atoms with Crippen molar-refractivity contribution < 1.29 is 9.53 Å². The molecule has 1 aromatic carbocycles. The zero-order chi connectivity index (χ0) is 13.0. The Balaban J connectivity index is 2.88. The molecule has 0 saturated heterocycles. The molecule has 0 aliphatic rings. The highest BCUT2D eigenvalue weighted by Gasteiger charge is 2.14.